The fourth-order valence-corrected chi connectivity index (χ4v) is 4.07. The number of H-pyrrole nitrogens is 1. The average Bonchev–Trinajstić information content (AvgIpc) is 3.36. The van der Waals surface area contributed by atoms with Gasteiger partial charge in [-0.05, 0) is 46.8 Å². The van der Waals surface area contributed by atoms with Crippen molar-refractivity contribution < 1.29 is 0 Å². The number of aromatic nitrogens is 7. The van der Waals surface area contributed by atoms with Crippen LogP contribution in [0.25, 0.3) is 21.1 Å². The fourth-order valence-electron chi connectivity index (χ4n) is 3.11. The maximum Gasteiger partial charge on any atom is 0.282 e. The molecule has 0 bridgehead atoms. The molecule has 4 aromatic heterocycles. The molecule has 9 nitrogen and oxygen atoms in total. The first-order valence-electron chi connectivity index (χ1n) is 8.50. The van der Waals surface area contributed by atoms with Crippen LogP contribution in [-0.2, 0) is 13.6 Å². The van der Waals surface area contributed by atoms with Crippen molar-refractivity contribution in [2.75, 3.05) is 4.90 Å². The Balaban J connectivity index is 1.68. The summed E-state index contributed by atoms with van der Waals surface area (Å²) in [5.41, 5.74) is 1.69. The summed E-state index contributed by atoms with van der Waals surface area (Å²) in [7, 11) is 2.00. The number of hydrogen-bond acceptors (Lipinski definition) is 8. The Kier molecular flexibility index (Phi) is 3.83. The first-order chi connectivity index (χ1) is 13.7. The monoisotopic (exact) mass is 390 g/mol. The molecule has 10 heteroatoms. The van der Waals surface area contributed by atoms with Gasteiger partial charge in [-0.25, -0.2) is 10.1 Å². The van der Waals surface area contributed by atoms with Gasteiger partial charge in [0, 0.05) is 36.0 Å². The summed E-state index contributed by atoms with van der Waals surface area (Å²) in [4.78, 5) is 23.7. The molecular weight excluding hydrogens is 376 g/mol. The number of nitrogens with zero attached hydrogens (tertiary/aromatic N) is 7. The Bertz CT molecular complexity index is 1340. The minimum absolute atomic E-state index is 0.307. The normalized spacial score (nSPS) is 11.3. The summed E-state index contributed by atoms with van der Waals surface area (Å²) >= 11 is 1.35. The number of aromatic amines is 1. The topological polar surface area (TPSA) is 105 Å². The highest BCUT2D eigenvalue weighted by molar-refractivity contribution is 7.21. The molecule has 5 aromatic rings. The van der Waals surface area contributed by atoms with E-state index in [1.54, 1.807) is 18.3 Å². The molecular formula is C18H14N8OS. The van der Waals surface area contributed by atoms with E-state index < -0.39 is 0 Å². The summed E-state index contributed by atoms with van der Waals surface area (Å²) in [5.74, 6) is 0.565. The van der Waals surface area contributed by atoms with Gasteiger partial charge in [0.15, 0.2) is 11.0 Å². The molecule has 0 aliphatic carbocycles. The van der Waals surface area contributed by atoms with Crippen LogP contribution in [0, 0.1) is 0 Å². The lowest BCUT2D eigenvalue weighted by Gasteiger charge is -2.22. The fraction of sp³-hybridized carbons (Fsp3) is 0.111. The molecule has 0 atom stereocenters. The van der Waals surface area contributed by atoms with Gasteiger partial charge in [-0.3, -0.25) is 4.79 Å². The van der Waals surface area contributed by atoms with Gasteiger partial charge < -0.3 is 9.47 Å². The molecule has 0 spiro atoms. The van der Waals surface area contributed by atoms with E-state index in [1.807, 2.05) is 36.3 Å². The predicted octanol–water partition coefficient (Wildman–Crippen LogP) is 2.39. The van der Waals surface area contributed by atoms with Crippen molar-refractivity contribution in [3.8, 4) is 0 Å². The number of benzene rings is 1. The van der Waals surface area contributed by atoms with Crippen LogP contribution in [0.5, 0.6) is 0 Å². The van der Waals surface area contributed by atoms with Gasteiger partial charge in [-0.15, -0.1) is 5.10 Å². The van der Waals surface area contributed by atoms with Gasteiger partial charge >= 0.3 is 0 Å². The third-order valence-electron chi connectivity index (χ3n) is 4.50. The molecule has 138 valence electrons. The van der Waals surface area contributed by atoms with E-state index in [-0.39, 0.29) is 5.56 Å². The highest BCUT2D eigenvalue weighted by Gasteiger charge is 2.18. The number of fused-ring (bicyclic) bond motifs is 2. The summed E-state index contributed by atoms with van der Waals surface area (Å²) in [6.07, 6.45) is 3.68. The van der Waals surface area contributed by atoms with Gasteiger partial charge in [-0.1, -0.05) is 11.3 Å². The standard InChI is InChI=1S/C18H14N8OS/c1-25-8-6-11-9-12(4-5-14(11)25)26(10-15-21-23-24-22-15)18-20-16(27)13-3-2-7-19-17(13)28-18/h2-9H,10H2,1H3,(H,21,22,23,24). The first kappa shape index (κ1) is 16.5. The van der Waals surface area contributed by atoms with E-state index >= 15 is 0 Å². The minimum atomic E-state index is -0.307. The quantitative estimate of drug-likeness (QED) is 0.502. The average molecular weight is 390 g/mol. The van der Waals surface area contributed by atoms with Gasteiger partial charge in [-0.2, -0.15) is 4.98 Å². The molecule has 4 heterocycles. The Labute approximate surface area is 162 Å². The highest BCUT2D eigenvalue weighted by atomic mass is 32.1. The molecule has 1 N–H and O–H groups in total. The smallest absolute Gasteiger partial charge is 0.282 e. The van der Waals surface area contributed by atoms with Crippen molar-refractivity contribution in [3.63, 3.8) is 0 Å². The molecule has 0 radical (unpaired) electrons. The third kappa shape index (κ3) is 2.79. The van der Waals surface area contributed by atoms with Crippen LogP contribution in [0.2, 0.25) is 0 Å². The second kappa shape index (κ2) is 6.50. The zero-order chi connectivity index (χ0) is 19.1. The lowest BCUT2D eigenvalue weighted by Crippen LogP contribution is -2.21. The molecule has 0 saturated heterocycles. The molecule has 1 aromatic carbocycles. The third-order valence-corrected chi connectivity index (χ3v) is 5.51. The SMILES string of the molecule is Cn1ccc2cc(N(Cc3nnn[nH]3)c3nc(=O)c4cccnc4s3)ccc21. The maximum absolute atomic E-state index is 12.5. The van der Waals surface area contributed by atoms with Crippen molar-refractivity contribution in [1.82, 2.24) is 35.2 Å². The van der Waals surface area contributed by atoms with Gasteiger partial charge in [0.1, 0.15) is 4.83 Å². The van der Waals surface area contributed by atoms with E-state index in [0.29, 0.717) is 27.7 Å². The van der Waals surface area contributed by atoms with Crippen molar-refractivity contribution in [2.45, 2.75) is 6.54 Å². The number of tetrazole rings is 1. The largest absolute Gasteiger partial charge is 0.351 e. The van der Waals surface area contributed by atoms with Crippen LogP contribution in [-0.4, -0.2) is 35.2 Å². The summed E-state index contributed by atoms with van der Waals surface area (Å²) in [5, 5.41) is 16.2. The van der Waals surface area contributed by atoms with E-state index in [0.717, 1.165) is 16.6 Å². The lowest BCUT2D eigenvalue weighted by molar-refractivity contribution is 0.869. The molecule has 0 amide bonds. The zero-order valence-electron chi connectivity index (χ0n) is 14.8. The number of anilines is 2. The second-order valence-electron chi connectivity index (χ2n) is 6.26. The number of nitrogens with one attached hydrogen (secondary N) is 1. The van der Waals surface area contributed by atoms with Crippen LogP contribution >= 0.6 is 11.3 Å². The van der Waals surface area contributed by atoms with E-state index in [1.165, 1.54) is 11.3 Å². The van der Waals surface area contributed by atoms with E-state index in [4.69, 9.17) is 0 Å². The van der Waals surface area contributed by atoms with Crippen LogP contribution in [0.4, 0.5) is 10.8 Å². The van der Waals surface area contributed by atoms with Gasteiger partial charge in [0.2, 0.25) is 0 Å². The first-order valence-corrected chi connectivity index (χ1v) is 9.32. The highest BCUT2D eigenvalue weighted by Crippen LogP contribution is 2.32. The molecule has 0 fully saturated rings. The summed E-state index contributed by atoms with van der Waals surface area (Å²) < 4.78 is 2.06. The Hall–Kier alpha value is -3.66. The van der Waals surface area contributed by atoms with Crippen LogP contribution in [0.1, 0.15) is 5.82 Å². The van der Waals surface area contributed by atoms with E-state index in [9.17, 15) is 4.79 Å². The number of rotatable bonds is 4. The van der Waals surface area contributed by atoms with Crippen LogP contribution in [0.15, 0.2) is 53.6 Å². The number of pyridine rings is 1. The molecule has 0 aliphatic heterocycles. The van der Waals surface area contributed by atoms with Crippen molar-refractivity contribution >= 4 is 43.3 Å². The maximum atomic E-state index is 12.5. The van der Waals surface area contributed by atoms with Crippen molar-refractivity contribution in [1.29, 1.82) is 0 Å². The minimum Gasteiger partial charge on any atom is -0.351 e. The Morgan fingerprint density at radius 3 is 3.04 bits per heavy atom. The number of aryl methyl sites for hydroxylation is 1. The van der Waals surface area contributed by atoms with Gasteiger partial charge in [0.25, 0.3) is 5.56 Å². The molecule has 28 heavy (non-hydrogen) atoms. The van der Waals surface area contributed by atoms with Gasteiger partial charge in [0.05, 0.1) is 11.9 Å². The van der Waals surface area contributed by atoms with Crippen LogP contribution < -0.4 is 10.5 Å². The molecule has 0 aliphatic rings. The Morgan fingerprint density at radius 2 is 2.18 bits per heavy atom. The molecule has 5 rings (SSSR count). The lowest BCUT2D eigenvalue weighted by atomic mass is 10.2. The second-order valence-corrected chi connectivity index (χ2v) is 7.22. The molecule has 0 unspecified atom stereocenters. The zero-order valence-corrected chi connectivity index (χ0v) is 15.6. The molecule has 0 saturated carbocycles. The predicted molar refractivity (Wildman–Crippen MR) is 107 cm³/mol. The van der Waals surface area contributed by atoms with Crippen LogP contribution in [0.3, 0.4) is 0 Å². The van der Waals surface area contributed by atoms with E-state index in [2.05, 4.69) is 41.2 Å². The summed E-state index contributed by atoms with van der Waals surface area (Å²) in [6, 6.07) is 11.6. The Morgan fingerprint density at radius 1 is 1.25 bits per heavy atom. The number of hydrogen-bond donors (Lipinski definition) is 1. The van der Waals surface area contributed by atoms with Crippen molar-refractivity contribution in [3.05, 3.63) is 65.0 Å². The van der Waals surface area contributed by atoms with Crippen molar-refractivity contribution in [2.24, 2.45) is 7.05 Å². The summed E-state index contributed by atoms with van der Waals surface area (Å²) in [6.45, 7) is 0.340.